The van der Waals surface area contributed by atoms with Gasteiger partial charge >= 0.3 is 5.97 Å². The van der Waals surface area contributed by atoms with E-state index in [2.05, 4.69) is 4.72 Å². The highest BCUT2D eigenvalue weighted by Crippen LogP contribution is 2.48. The van der Waals surface area contributed by atoms with Crippen molar-refractivity contribution in [2.24, 2.45) is 5.41 Å². The number of hydrogen-bond acceptors (Lipinski definition) is 5. The van der Waals surface area contributed by atoms with E-state index in [0.717, 1.165) is 12.8 Å². The molecule has 1 aliphatic carbocycles. The minimum atomic E-state index is -3.68. The van der Waals surface area contributed by atoms with E-state index in [-0.39, 0.29) is 18.6 Å². The average molecular weight is 320 g/mol. The van der Waals surface area contributed by atoms with Crippen LogP contribution in [0.15, 0.2) is 0 Å². The zero-order valence-corrected chi connectivity index (χ0v) is 13.2. The molecule has 2 N–H and O–H groups in total. The number of rotatable bonds is 8. The van der Waals surface area contributed by atoms with Crippen LogP contribution in [-0.4, -0.2) is 56.1 Å². The Kier molecular flexibility index (Phi) is 5.24. The first kappa shape index (κ1) is 16.7. The number of aliphatic hydroxyl groups is 1. The first-order valence-corrected chi connectivity index (χ1v) is 8.92. The molecular formula is C13H24N2O5S. The second-order valence-electron chi connectivity index (χ2n) is 5.82. The van der Waals surface area contributed by atoms with Crippen LogP contribution >= 0.6 is 0 Å². The summed E-state index contributed by atoms with van der Waals surface area (Å²) in [6.07, 6.45) is 3.62. The van der Waals surface area contributed by atoms with Crippen molar-refractivity contribution in [3.8, 4) is 0 Å². The lowest BCUT2D eigenvalue weighted by atomic mass is 10.0. The summed E-state index contributed by atoms with van der Waals surface area (Å²) in [6, 6.07) is -0.713. The molecule has 8 heteroatoms. The van der Waals surface area contributed by atoms with Crippen LogP contribution in [0.3, 0.4) is 0 Å². The third-order valence-corrected chi connectivity index (χ3v) is 5.86. The molecule has 21 heavy (non-hydrogen) atoms. The topological polar surface area (TPSA) is 95.9 Å². The van der Waals surface area contributed by atoms with Gasteiger partial charge in [-0.2, -0.15) is 12.7 Å². The molecule has 0 amide bonds. The van der Waals surface area contributed by atoms with E-state index < -0.39 is 22.2 Å². The van der Waals surface area contributed by atoms with Crippen LogP contribution in [0.4, 0.5) is 0 Å². The number of carbonyl (C=O) groups is 1. The van der Waals surface area contributed by atoms with Crippen molar-refractivity contribution in [3.63, 3.8) is 0 Å². The summed E-state index contributed by atoms with van der Waals surface area (Å²) < 4.78 is 33.5. The minimum Gasteiger partial charge on any atom is -0.465 e. The van der Waals surface area contributed by atoms with E-state index in [4.69, 9.17) is 9.84 Å². The highest BCUT2D eigenvalue weighted by atomic mass is 32.2. The fraction of sp³-hybridized carbons (Fsp3) is 0.923. The van der Waals surface area contributed by atoms with E-state index in [9.17, 15) is 13.2 Å². The molecule has 122 valence electrons. The molecule has 0 aromatic carbocycles. The summed E-state index contributed by atoms with van der Waals surface area (Å²) in [5.74, 6) is -0.475. The summed E-state index contributed by atoms with van der Waals surface area (Å²) in [7, 11) is -3.68. The second kappa shape index (κ2) is 6.60. The Labute approximate surface area is 125 Å². The van der Waals surface area contributed by atoms with Crippen LogP contribution in [-0.2, 0) is 19.7 Å². The Morgan fingerprint density at radius 2 is 2.19 bits per heavy atom. The predicted octanol–water partition coefficient (Wildman–Crippen LogP) is 0.0109. The fourth-order valence-corrected chi connectivity index (χ4v) is 4.31. The van der Waals surface area contributed by atoms with E-state index in [1.807, 2.05) is 0 Å². The standard InChI is InChI=1S/C13H24N2O5S/c1-2-20-12(17)11-4-3-8-15(11)21(18,19)14-10-13(5-6-13)7-9-16/h11,14,16H,2-10H2,1H3. The maximum atomic E-state index is 12.4. The Bertz CT molecular complexity index is 475. The summed E-state index contributed by atoms with van der Waals surface area (Å²) in [5, 5.41) is 9.01. The van der Waals surface area contributed by atoms with Crippen LogP contribution < -0.4 is 4.72 Å². The zero-order chi connectivity index (χ0) is 15.5. The normalized spacial score (nSPS) is 25.0. The first-order chi connectivity index (χ1) is 9.94. The molecule has 1 saturated carbocycles. The third-order valence-electron chi connectivity index (χ3n) is 4.30. The van der Waals surface area contributed by atoms with Crippen molar-refractivity contribution in [1.29, 1.82) is 0 Å². The van der Waals surface area contributed by atoms with Gasteiger partial charge in [-0.15, -0.1) is 0 Å². The van der Waals surface area contributed by atoms with E-state index in [0.29, 0.717) is 32.4 Å². The lowest BCUT2D eigenvalue weighted by Crippen LogP contribution is -2.48. The average Bonchev–Trinajstić information content (AvgIpc) is 3.02. The molecule has 0 spiro atoms. The van der Waals surface area contributed by atoms with Gasteiger partial charge in [0.05, 0.1) is 6.61 Å². The van der Waals surface area contributed by atoms with Crippen molar-refractivity contribution < 1.29 is 23.1 Å². The molecule has 0 aromatic rings. The molecule has 2 aliphatic rings. The molecule has 0 bridgehead atoms. The monoisotopic (exact) mass is 320 g/mol. The van der Waals surface area contributed by atoms with Crippen molar-refractivity contribution in [2.75, 3.05) is 26.3 Å². The molecule has 1 unspecified atom stereocenters. The maximum absolute atomic E-state index is 12.4. The van der Waals surface area contributed by atoms with Gasteiger partial charge in [-0.1, -0.05) is 0 Å². The molecule has 1 aliphatic heterocycles. The molecule has 0 aromatic heterocycles. The van der Waals surface area contributed by atoms with Crippen molar-refractivity contribution in [1.82, 2.24) is 9.03 Å². The van der Waals surface area contributed by atoms with E-state index in [1.54, 1.807) is 6.92 Å². The van der Waals surface area contributed by atoms with Gasteiger partial charge in [0, 0.05) is 19.7 Å². The SMILES string of the molecule is CCOC(=O)C1CCCN1S(=O)(=O)NCC1(CCO)CC1. The second-order valence-corrected chi connectivity index (χ2v) is 7.53. The number of esters is 1. The van der Waals surface area contributed by atoms with E-state index >= 15 is 0 Å². The van der Waals surface area contributed by atoms with Gasteiger partial charge in [-0.3, -0.25) is 4.79 Å². The molecule has 2 fully saturated rings. The van der Waals surface area contributed by atoms with Crippen LogP contribution in [0.1, 0.15) is 39.0 Å². The quantitative estimate of drug-likeness (QED) is 0.614. The first-order valence-electron chi connectivity index (χ1n) is 7.48. The van der Waals surface area contributed by atoms with Gasteiger partial charge in [0.15, 0.2) is 0 Å². The molecule has 0 radical (unpaired) electrons. The Morgan fingerprint density at radius 3 is 2.76 bits per heavy atom. The van der Waals surface area contributed by atoms with Gasteiger partial charge in [-0.25, -0.2) is 4.72 Å². The lowest BCUT2D eigenvalue weighted by molar-refractivity contribution is -0.146. The number of carbonyl (C=O) groups excluding carboxylic acids is 1. The summed E-state index contributed by atoms with van der Waals surface area (Å²) >= 11 is 0. The number of hydrogen-bond donors (Lipinski definition) is 2. The zero-order valence-electron chi connectivity index (χ0n) is 12.4. The number of nitrogens with zero attached hydrogens (tertiary/aromatic N) is 1. The minimum absolute atomic E-state index is 0.0664. The summed E-state index contributed by atoms with van der Waals surface area (Å²) in [5.41, 5.74) is -0.0963. The third kappa shape index (κ3) is 3.94. The van der Waals surface area contributed by atoms with Crippen molar-refractivity contribution in [2.45, 2.75) is 45.1 Å². The van der Waals surface area contributed by atoms with Gasteiger partial charge in [-0.05, 0) is 44.4 Å². The Hall–Kier alpha value is -0.700. The Morgan fingerprint density at radius 1 is 1.48 bits per heavy atom. The van der Waals surface area contributed by atoms with E-state index in [1.165, 1.54) is 4.31 Å². The maximum Gasteiger partial charge on any atom is 0.324 e. The largest absolute Gasteiger partial charge is 0.465 e. The number of nitrogens with one attached hydrogen (secondary N) is 1. The van der Waals surface area contributed by atoms with Crippen LogP contribution in [0.2, 0.25) is 0 Å². The smallest absolute Gasteiger partial charge is 0.324 e. The molecule has 1 heterocycles. The van der Waals surface area contributed by atoms with Gasteiger partial charge in [0.1, 0.15) is 6.04 Å². The number of aliphatic hydroxyl groups excluding tert-OH is 1. The highest BCUT2D eigenvalue weighted by molar-refractivity contribution is 7.87. The predicted molar refractivity (Wildman–Crippen MR) is 76.7 cm³/mol. The lowest BCUT2D eigenvalue weighted by Gasteiger charge is -2.24. The Balaban J connectivity index is 1.96. The van der Waals surface area contributed by atoms with Gasteiger partial charge < -0.3 is 9.84 Å². The molecule has 1 saturated heterocycles. The summed E-state index contributed by atoms with van der Waals surface area (Å²) in [4.78, 5) is 11.8. The van der Waals surface area contributed by atoms with Crippen molar-refractivity contribution >= 4 is 16.2 Å². The van der Waals surface area contributed by atoms with Crippen molar-refractivity contribution in [3.05, 3.63) is 0 Å². The van der Waals surface area contributed by atoms with Gasteiger partial charge in [0.2, 0.25) is 0 Å². The van der Waals surface area contributed by atoms with Crippen LogP contribution in [0.5, 0.6) is 0 Å². The van der Waals surface area contributed by atoms with Crippen LogP contribution in [0.25, 0.3) is 0 Å². The highest BCUT2D eigenvalue weighted by Gasteiger charge is 2.45. The van der Waals surface area contributed by atoms with Gasteiger partial charge in [0.25, 0.3) is 10.2 Å². The molecule has 2 rings (SSSR count). The number of ether oxygens (including phenoxy) is 1. The molecule has 1 atom stereocenters. The fourth-order valence-electron chi connectivity index (χ4n) is 2.76. The summed E-state index contributed by atoms with van der Waals surface area (Å²) in [6.45, 7) is 2.68. The van der Waals surface area contributed by atoms with Crippen LogP contribution in [0, 0.1) is 5.41 Å². The molecular weight excluding hydrogens is 296 g/mol. The molecule has 7 nitrogen and oxygen atoms in total.